The number of carboxylic acids is 1. The van der Waals surface area contributed by atoms with Gasteiger partial charge in [0, 0.05) is 6.04 Å². The first-order chi connectivity index (χ1) is 9.93. The van der Waals surface area contributed by atoms with Gasteiger partial charge in [0.25, 0.3) is 0 Å². The van der Waals surface area contributed by atoms with Crippen molar-refractivity contribution in [2.24, 2.45) is 5.92 Å². The topological polar surface area (TPSA) is 58.6 Å². The molecule has 0 fully saturated rings. The molecule has 0 aliphatic rings. The first kappa shape index (κ1) is 17.5. The summed E-state index contributed by atoms with van der Waals surface area (Å²) in [6, 6.07) is 7.30. The van der Waals surface area contributed by atoms with Crippen LogP contribution >= 0.6 is 0 Å². The van der Waals surface area contributed by atoms with Crippen molar-refractivity contribution in [2.75, 3.05) is 6.61 Å². The number of ether oxygens (including phenoxy) is 1. The van der Waals surface area contributed by atoms with Crippen molar-refractivity contribution >= 4 is 5.97 Å². The lowest BCUT2D eigenvalue weighted by Crippen LogP contribution is -2.39. The molecular weight excluding hydrogens is 266 g/mol. The van der Waals surface area contributed by atoms with E-state index in [0.717, 1.165) is 17.7 Å². The average Bonchev–Trinajstić information content (AvgIpc) is 2.44. The molecule has 21 heavy (non-hydrogen) atoms. The van der Waals surface area contributed by atoms with Crippen molar-refractivity contribution in [3.63, 3.8) is 0 Å². The standard InChI is InChI=1S/C17H27NO3/c1-5-10-21-15-8-6-14(7-9-15)13(4)18-16(17(19)20)11-12(2)3/h6-9,12-13,16,18H,5,10-11H2,1-4H3,(H,19,20). The Morgan fingerprint density at radius 3 is 2.33 bits per heavy atom. The summed E-state index contributed by atoms with van der Waals surface area (Å²) in [7, 11) is 0. The zero-order valence-electron chi connectivity index (χ0n) is 13.4. The summed E-state index contributed by atoms with van der Waals surface area (Å²) in [4.78, 5) is 11.3. The van der Waals surface area contributed by atoms with Crippen molar-refractivity contribution in [2.45, 2.75) is 52.6 Å². The Morgan fingerprint density at radius 1 is 1.24 bits per heavy atom. The SMILES string of the molecule is CCCOc1ccc(C(C)NC(CC(C)C)C(=O)O)cc1. The molecule has 118 valence electrons. The lowest BCUT2D eigenvalue weighted by molar-refractivity contribution is -0.140. The third-order valence-corrected chi connectivity index (χ3v) is 3.31. The van der Waals surface area contributed by atoms with Crippen LogP contribution in [0.5, 0.6) is 5.75 Å². The Labute approximate surface area is 127 Å². The number of aliphatic carboxylic acids is 1. The Balaban J connectivity index is 2.64. The summed E-state index contributed by atoms with van der Waals surface area (Å²) in [5.41, 5.74) is 1.06. The van der Waals surface area contributed by atoms with E-state index in [2.05, 4.69) is 12.2 Å². The highest BCUT2D eigenvalue weighted by Crippen LogP contribution is 2.19. The lowest BCUT2D eigenvalue weighted by Gasteiger charge is -2.22. The molecule has 0 aromatic heterocycles. The molecule has 0 aliphatic carbocycles. The summed E-state index contributed by atoms with van der Waals surface area (Å²) in [6.07, 6.45) is 1.60. The Kier molecular flexibility index (Phi) is 7.23. The highest BCUT2D eigenvalue weighted by molar-refractivity contribution is 5.73. The van der Waals surface area contributed by atoms with Crippen LogP contribution in [0.2, 0.25) is 0 Å². The van der Waals surface area contributed by atoms with Crippen LogP contribution in [0.25, 0.3) is 0 Å². The lowest BCUT2D eigenvalue weighted by atomic mass is 10.0. The molecule has 2 unspecified atom stereocenters. The number of carbonyl (C=O) groups is 1. The fourth-order valence-corrected chi connectivity index (χ4v) is 2.18. The number of carboxylic acid groups (broad SMARTS) is 1. The fraction of sp³-hybridized carbons (Fsp3) is 0.588. The zero-order valence-corrected chi connectivity index (χ0v) is 13.4. The van der Waals surface area contributed by atoms with Crippen LogP contribution < -0.4 is 10.1 Å². The van der Waals surface area contributed by atoms with E-state index in [0.29, 0.717) is 18.9 Å². The van der Waals surface area contributed by atoms with Gasteiger partial charge in [0.1, 0.15) is 11.8 Å². The van der Waals surface area contributed by atoms with Crippen molar-refractivity contribution in [3.8, 4) is 5.75 Å². The maximum atomic E-state index is 11.3. The van der Waals surface area contributed by atoms with E-state index in [1.807, 2.05) is 45.0 Å². The second-order valence-electron chi connectivity index (χ2n) is 5.83. The van der Waals surface area contributed by atoms with Gasteiger partial charge in [-0.1, -0.05) is 32.9 Å². The minimum absolute atomic E-state index is 0.00919. The zero-order chi connectivity index (χ0) is 15.8. The first-order valence-corrected chi connectivity index (χ1v) is 7.65. The molecule has 2 N–H and O–H groups in total. The third kappa shape index (κ3) is 6.17. The minimum atomic E-state index is -0.793. The van der Waals surface area contributed by atoms with Crippen molar-refractivity contribution in [1.29, 1.82) is 0 Å². The second-order valence-corrected chi connectivity index (χ2v) is 5.83. The molecule has 0 aliphatic heterocycles. The fourth-order valence-electron chi connectivity index (χ4n) is 2.18. The van der Waals surface area contributed by atoms with E-state index in [-0.39, 0.29) is 6.04 Å². The third-order valence-electron chi connectivity index (χ3n) is 3.31. The van der Waals surface area contributed by atoms with E-state index in [9.17, 15) is 9.90 Å². The predicted octanol–water partition coefficient (Wildman–Crippen LogP) is 3.63. The molecule has 4 heteroatoms. The molecule has 0 bridgehead atoms. The largest absolute Gasteiger partial charge is 0.494 e. The van der Waals surface area contributed by atoms with Gasteiger partial charge in [-0.2, -0.15) is 0 Å². The smallest absolute Gasteiger partial charge is 0.320 e. The average molecular weight is 293 g/mol. The van der Waals surface area contributed by atoms with Crippen molar-refractivity contribution in [1.82, 2.24) is 5.32 Å². The van der Waals surface area contributed by atoms with E-state index in [1.54, 1.807) is 0 Å². The molecule has 1 aromatic rings. The van der Waals surface area contributed by atoms with Crippen molar-refractivity contribution in [3.05, 3.63) is 29.8 Å². The second kappa shape index (κ2) is 8.67. The number of benzene rings is 1. The Morgan fingerprint density at radius 2 is 1.86 bits per heavy atom. The highest BCUT2D eigenvalue weighted by Gasteiger charge is 2.21. The molecular formula is C17H27NO3. The molecule has 0 amide bonds. The normalized spacial score (nSPS) is 14.0. The number of rotatable bonds is 9. The first-order valence-electron chi connectivity index (χ1n) is 7.65. The van der Waals surface area contributed by atoms with E-state index in [1.165, 1.54) is 0 Å². The van der Waals surface area contributed by atoms with Crippen LogP contribution in [0.3, 0.4) is 0 Å². The molecule has 0 heterocycles. The molecule has 1 rings (SSSR count). The van der Waals surface area contributed by atoms with Crippen LogP contribution in [0, 0.1) is 5.92 Å². The molecule has 1 aromatic carbocycles. The Bertz CT molecular complexity index is 428. The van der Waals surface area contributed by atoms with Gasteiger partial charge in [-0.3, -0.25) is 10.1 Å². The monoisotopic (exact) mass is 293 g/mol. The Hall–Kier alpha value is -1.55. The molecule has 0 radical (unpaired) electrons. The van der Waals surface area contributed by atoms with Crippen LogP contribution in [0.4, 0.5) is 0 Å². The van der Waals surface area contributed by atoms with Crippen molar-refractivity contribution < 1.29 is 14.6 Å². The van der Waals surface area contributed by atoms with Gasteiger partial charge in [-0.25, -0.2) is 0 Å². The van der Waals surface area contributed by atoms with E-state index >= 15 is 0 Å². The summed E-state index contributed by atoms with van der Waals surface area (Å²) in [6.45, 7) is 8.83. The van der Waals surface area contributed by atoms with Gasteiger partial charge in [-0.15, -0.1) is 0 Å². The van der Waals surface area contributed by atoms with E-state index in [4.69, 9.17) is 4.74 Å². The molecule has 0 saturated heterocycles. The number of hydrogen-bond acceptors (Lipinski definition) is 3. The molecule has 0 spiro atoms. The molecule has 2 atom stereocenters. The van der Waals surface area contributed by atoms with Crippen LogP contribution in [-0.4, -0.2) is 23.7 Å². The maximum absolute atomic E-state index is 11.3. The van der Waals surface area contributed by atoms with Gasteiger partial charge in [0.2, 0.25) is 0 Å². The number of hydrogen-bond donors (Lipinski definition) is 2. The van der Waals surface area contributed by atoms with Crippen LogP contribution in [0.1, 0.15) is 52.1 Å². The summed E-state index contributed by atoms with van der Waals surface area (Å²) in [5, 5.41) is 12.5. The van der Waals surface area contributed by atoms with Gasteiger partial charge < -0.3 is 9.84 Å². The van der Waals surface area contributed by atoms with Gasteiger partial charge in [0.05, 0.1) is 6.61 Å². The van der Waals surface area contributed by atoms with Gasteiger partial charge >= 0.3 is 5.97 Å². The minimum Gasteiger partial charge on any atom is -0.494 e. The molecule has 0 saturated carbocycles. The van der Waals surface area contributed by atoms with Crippen LogP contribution in [0.15, 0.2) is 24.3 Å². The highest BCUT2D eigenvalue weighted by atomic mass is 16.5. The van der Waals surface area contributed by atoms with E-state index < -0.39 is 12.0 Å². The van der Waals surface area contributed by atoms with Gasteiger partial charge in [-0.05, 0) is 43.4 Å². The van der Waals surface area contributed by atoms with Gasteiger partial charge in [0.15, 0.2) is 0 Å². The molecule has 4 nitrogen and oxygen atoms in total. The quantitative estimate of drug-likeness (QED) is 0.730. The van der Waals surface area contributed by atoms with Crippen LogP contribution in [-0.2, 0) is 4.79 Å². The predicted molar refractivity (Wildman–Crippen MR) is 84.7 cm³/mol. The summed E-state index contributed by atoms with van der Waals surface area (Å²) in [5.74, 6) is 0.402. The summed E-state index contributed by atoms with van der Waals surface area (Å²) >= 11 is 0. The number of nitrogens with one attached hydrogen (secondary N) is 1. The maximum Gasteiger partial charge on any atom is 0.320 e. The summed E-state index contributed by atoms with van der Waals surface area (Å²) < 4.78 is 5.55.